The van der Waals surface area contributed by atoms with Gasteiger partial charge in [0, 0.05) is 16.7 Å². The maximum atomic E-state index is 12.4. The molecule has 0 aliphatic carbocycles. The van der Waals surface area contributed by atoms with Gasteiger partial charge in [0.05, 0.1) is 12.1 Å². The fraction of sp³-hybridized carbons (Fsp3) is 0.182. The third kappa shape index (κ3) is 5.53. The van der Waals surface area contributed by atoms with E-state index in [9.17, 15) is 4.79 Å². The number of hydrogen-bond acceptors (Lipinski definition) is 7. The Balaban J connectivity index is 1.30. The molecule has 1 amide bonds. The fourth-order valence-corrected chi connectivity index (χ4v) is 5.32. The van der Waals surface area contributed by atoms with Gasteiger partial charge in [0.2, 0.25) is 11.0 Å². The van der Waals surface area contributed by atoms with Crippen LogP contribution in [-0.4, -0.2) is 21.1 Å². The molecule has 4 rings (SSSR count). The van der Waals surface area contributed by atoms with Crippen LogP contribution in [0.25, 0.3) is 10.6 Å². The molecule has 1 N–H and O–H groups in total. The van der Waals surface area contributed by atoms with Gasteiger partial charge in [0.25, 0.3) is 0 Å². The minimum Gasteiger partial charge on any atom is -0.300 e. The second kappa shape index (κ2) is 9.97. The van der Waals surface area contributed by atoms with E-state index in [-0.39, 0.29) is 12.3 Å². The van der Waals surface area contributed by atoms with Crippen LogP contribution >= 0.6 is 34.4 Å². The number of rotatable bonds is 8. The molecule has 2 heterocycles. The standard InChI is InChI=1S/C22H20N4OS3/c1-2-15-8-10-17(11-9-15)20-23-18(14-28-20)12-19(27)24-21-25-26-22(30-21)29-13-16-6-4-3-5-7-16/h3-11,14H,2,12-13H2,1H3,(H,24,25,27). The molecule has 0 aliphatic heterocycles. The lowest BCUT2D eigenvalue weighted by atomic mass is 10.1. The summed E-state index contributed by atoms with van der Waals surface area (Å²) in [6, 6.07) is 18.6. The molecule has 2 aromatic heterocycles. The van der Waals surface area contributed by atoms with Crippen LogP contribution in [0, 0.1) is 0 Å². The number of carbonyl (C=O) groups is 1. The van der Waals surface area contributed by atoms with Gasteiger partial charge in [0.15, 0.2) is 4.34 Å². The first kappa shape index (κ1) is 20.7. The smallest absolute Gasteiger partial charge is 0.232 e. The lowest BCUT2D eigenvalue weighted by Gasteiger charge is -2.00. The minimum absolute atomic E-state index is 0.135. The van der Waals surface area contributed by atoms with Gasteiger partial charge in [-0.1, -0.05) is 84.6 Å². The molecule has 4 aromatic rings. The molecule has 0 radical (unpaired) electrons. The maximum absolute atomic E-state index is 12.4. The predicted octanol–water partition coefficient (Wildman–Crippen LogP) is 5.70. The number of carbonyl (C=O) groups excluding carboxylic acids is 1. The Morgan fingerprint density at radius 2 is 1.83 bits per heavy atom. The van der Waals surface area contributed by atoms with Crippen molar-refractivity contribution in [1.82, 2.24) is 15.2 Å². The van der Waals surface area contributed by atoms with Gasteiger partial charge in [-0.05, 0) is 17.5 Å². The molecule has 0 fully saturated rings. The van der Waals surface area contributed by atoms with E-state index in [4.69, 9.17) is 0 Å². The van der Waals surface area contributed by atoms with Crippen LogP contribution in [0.4, 0.5) is 5.13 Å². The predicted molar refractivity (Wildman–Crippen MR) is 125 cm³/mol. The zero-order chi connectivity index (χ0) is 20.8. The number of thiazole rings is 1. The van der Waals surface area contributed by atoms with Crippen molar-refractivity contribution in [3.05, 3.63) is 76.8 Å². The van der Waals surface area contributed by atoms with Crippen LogP contribution in [0.15, 0.2) is 64.3 Å². The molecule has 8 heteroatoms. The Hall–Kier alpha value is -2.55. The molecule has 0 unspecified atom stereocenters. The second-order valence-electron chi connectivity index (χ2n) is 6.57. The molecule has 5 nitrogen and oxygen atoms in total. The van der Waals surface area contributed by atoms with Gasteiger partial charge >= 0.3 is 0 Å². The van der Waals surface area contributed by atoms with Crippen molar-refractivity contribution in [2.45, 2.75) is 29.9 Å². The first-order valence-corrected chi connectivity index (χ1v) is 12.2. The zero-order valence-electron chi connectivity index (χ0n) is 16.4. The molecule has 30 heavy (non-hydrogen) atoms. The number of hydrogen-bond donors (Lipinski definition) is 1. The quantitative estimate of drug-likeness (QED) is 0.274. The van der Waals surface area contributed by atoms with Crippen molar-refractivity contribution in [2.24, 2.45) is 0 Å². The number of anilines is 1. The van der Waals surface area contributed by atoms with E-state index in [1.165, 1.54) is 22.5 Å². The molecular weight excluding hydrogens is 432 g/mol. The summed E-state index contributed by atoms with van der Waals surface area (Å²) in [6.07, 6.45) is 1.23. The summed E-state index contributed by atoms with van der Waals surface area (Å²) in [5, 5.41) is 14.4. The fourth-order valence-electron chi connectivity index (χ4n) is 2.77. The van der Waals surface area contributed by atoms with Crippen molar-refractivity contribution in [2.75, 3.05) is 5.32 Å². The Morgan fingerprint density at radius 1 is 1.03 bits per heavy atom. The highest BCUT2D eigenvalue weighted by Crippen LogP contribution is 2.28. The normalized spacial score (nSPS) is 10.8. The number of aromatic nitrogens is 3. The van der Waals surface area contributed by atoms with Gasteiger partial charge in [-0.2, -0.15) is 0 Å². The maximum Gasteiger partial charge on any atom is 0.232 e. The highest BCUT2D eigenvalue weighted by atomic mass is 32.2. The van der Waals surface area contributed by atoms with Crippen LogP contribution < -0.4 is 5.32 Å². The third-order valence-electron chi connectivity index (χ3n) is 4.36. The van der Waals surface area contributed by atoms with E-state index >= 15 is 0 Å². The van der Waals surface area contributed by atoms with Gasteiger partial charge in [-0.15, -0.1) is 21.5 Å². The van der Waals surface area contributed by atoms with Crippen LogP contribution in [0.1, 0.15) is 23.7 Å². The third-order valence-corrected chi connectivity index (χ3v) is 7.34. The van der Waals surface area contributed by atoms with Gasteiger partial charge in [-0.25, -0.2) is 4.98 Å². The van der Waals surface area contributed by atoms with Crippen LogP contribution in [0.2, 0.25) is 0 Å². The number of benzene rings is 2. The lowest BCUT2D eigenvalue weighted by Crippen LogP contribution is -2.14. The summed E-state index contributed by atoms with van der Waals surface area (Å²) in [7, 11) is 0. The molecule has 2 aromatic carbocycles. The summed E-state index contributed by atoms with van der Waals surface area (Å²) in [6.45, 7) is 2.14. The Kier molecular flexibility index (Phi) is 6.88. The molecule has 0 atom stereocenters. The summed E-state index contributed by atoms with van der Waals surface area (Å²) in [5.74, 6) is 0.688. The number of aryl methyl sites for hydroxylation is 1. The second-order valence-corrected chi connectivity index (χ2v) is 9.62. The average Bonchev–Trinajstić information content (AvgIpc) is 3.42. The summed E-state index contributed by atoms with van der Waals surface area (Å²) in [4.78, 5) is 17.0. The highest BCUT2D eigenvalue weighted by molar-refractivity contribution is 8.00. The van der Waals surface area contributed by atoms with E-state index in [2.05, 4.69) is 63.8 Å². The average molecular weight is 453 g/mol. The first-order chi connectivity index (χ1) is 14.7. The van der Waals surface area contributed by atoms with E-state index in [0.717, 1.165) is 32.8 Å². The van der Waals surface area contributed by atoms with Crippen LogP contribution in [0.3, 0.4) is 0 Å². The summed E-state index contributed by atoms with van der Waals surface area (Å²) < 4.78 is 0.834. The highest BCUT2D eigenvalue weighted by Gasteiger charge is 2.12. The lowest BCUT2D eigenvalue weighted by molar-refractivity contribution is -0.115. The SMILES string of the molecule is CCc1ccc(-c2nc(CC(=O)Nc3nnc(SCc4ccccc4)s3)cs2)cc1. The topological polar surface area (TPSA) is 67.8 Å². The van der Waals surface area contributed by atoms with E-state index in [1.54, 1.807) is 23.1 Å². The summed E-state index contributed by atoms with van der Waals surface area (Å²) >= 11 is 4.55. The van der Waals surface area contributed by atoms with Crippen LogP contribution in [-0.2, 0) is 23.4 Å². The van der Waals surface area contributed by atoms with Crippen molar-refractivity contribution >= 4 is 45.5 Å². The minimum atomic E-state index is -0.135. The largest absolute Gasteiger partial charge is 0.300 e. The molecule has 0 bridgehead atoms. The molecule has 0 saturated carbocycles. The number of thioether (sulfide) groups is 1. The Bertz CT molecular complexity index is 1110. The molecule has 0 saturated heterocycles. The van der Waals surface area contributed by atoms with E-state index < -0.39 is 0 Å². The molecule has 0 spiro atoms. The number of amides is 1. The Labute approximate surface area is 187 Å². The number of nitrogens with one attached hydrogen (secondary N) is 1. The molecular formula is C22H20N4OS3. The van der Waals surface area contributed by atoms with E-state index in [1.807, 2.05) is 23.6 Å². The van der Waals surface area contributed by atoms with Gasteiger partial charge in [-0.3, -0.25) is 4.79 Å². The van der Waals surface area contributed by atoms with Gasteiger partial charge in [0.1, 0.15) is 5.01 Å². The van der Waals surface area contributed by atoms with Crippen molar-refractivity contribution in [3.8, 4) is 10.6 Å². The van der Waals surface area contributed by atoms with Crippen molar-refractivity contribution in [3.63, 3.8) is 0 Å². The van der Waals surface area contributed by atoms with Crippen LogP contribution in [0.5, 0.6) is 0 Å². The number of nitrogens with zero attached hydrogens (tertiary/aromatic N) is 3. The zero-order valence-corrected chi connectivity index (χ0v) is 18.8. The first-order valence-electron chi connectivity index (χ1n) is 9.53. The monoisotopic (exact) mass is 452 g/mol. The van der Waals surface area contributed by atoms with E-state index in [0.29, 0.717) is 5.13 Å². The molecule has 152 valence electrons. The molecule has 0 aliphatic rings. The van der Waals surface area contributed by atoms with Crippen molar-refractivity contribution < 1.29 is 4.79 Å². The van der Waals surface area contributed by atoms with Gasteiger partial charge < -0.3 is 5.32 Å². The Morgan fingerprint density at radius 3 is 2.60 bits per heavy atom. The summed E-state index contributed by atoms with van der Waals surface area (Å²) in [5.41, 5.74) is 4.36. The van der Waals surface area contributed by atoms with Crippen molar-refractivity contribution in [1.29, 1.82) is 0 Å².